The molecule has 1 saturated heterocycles. The second-order valence-corrected chi connectivity index (χ2v) is 13.4. The second kappa shape index (κ2) is 9.23. The van der Waals surface area contributed by atoms with Crippen molar-refractivity contribution in [2.24, 2.45) is 40.4 Å². The first kappa shape index (κ1) is 25.6. The van der Waals surface area contributed by atoms with E-state index in [9.17, 15) is 9.90 Å². The first-order valence-electron chi connectivity index (χ1n) is 14.7. The Hall–Kier alpha value is -1.65. The summed E-state index contributed by atoms with van der Waals surface area (Å²) >= 11 is 0. The Kier molecular flexibility index (Phi) is 6.39. The third kappa shape index (κ3) is 3.79. The van der Waals surface area contributed by atoms with Crippen molar-refractivity contribution in [3.05, 3.63) is 41.9 Å². The van der Waals surface area contributed by atoms with Crippen molar-refractivity contribution in [1.82, 2.24) is 0 Å². The normalized spacial score (nSPS) is 46.9. The van der Waals surface area contributed by atoms with Crippen LogP contribution in [0.25, 0.3) is 0 Å². The minimum absolute atomic E-state index is 0.0964. The first-order chi connectivity index (χ1) is 17.7. The maximum atomic E-state index is 12.3. The van der Waals surface area contributed by atoms with Gasteiger partial charge in [-0.1, -0.05) is 59.1 Å². The number of aliphatic hydroxyl groups excluding tert-OH is 1. The number of carbonyl (C=O) groups excluding carboxylic acids is 1. The van der Waals surface area contributed by atoms with Crippen LogP contribution in [0.2, 0.25) is 0 Å². The van der Waals surface area contributed by atoms with Gasteiger partial charge in [0, 0.05) is 22.7 Å². The molecule has 202 valence electrons. The molecule has 1 heterocycles. The quantitative estimate of drug-likeness (QED) is 0.277. The Labute approximate surface area is 222 Å². The molecule has 0 unspecified atom stereocenters. The van der Waals surface area contributed by atoms with Crippen molar-refractivity contribution in [3.8, 4) is 0 Å². The number of carbonyl (C=O) groups is 1. The zero-order chi connectivity index (χ0) is 26.0. The summed E-state index contributed by atoms with van der Waals surface area (Å²) in [6.07, 6.45) is 18.9. The van der Waals surface area contributed by atoms with Gasteiger partial charge in [0.2, 0.25) is 0 Å². The molecule has 6 rings (SSSR count). The molecule has 6 aliphatic rings. The standard InChI is InChI=1S/C32H44O5/c1-20(2)28(34)35-17-16-32-26(36-29(37-32)21-10-6-5-7-11-21)18-24-23-14-13-22-12-8-9-15-30(22,3)27(23)25(33)19-31(24,32)4/h8-9,15-17,20-21,23-27,29,33H,5-7,10-11,13-14,18-19H2,1-4H3/t23-,24-,25-,26-,27+,29+,30-,31-,32+/m0/s1. The summed E-state index contributed by atoms with van der Waals surface area (Å²) in [6, 6.07) is 0. The number of aliphatic hydroxyl groups is 1. The van der Waals surface area contributed by atoms with E-state index in [4.69, 9.17) is 14.2 Å². The molecule has 5 fully saturated rings. The van der Waals surface area contributed by atoms with Crippen molar-refractivity contribution >= 4 is 5.97 Å². The molecule has 1 N–H and O–H groups in total. The van der Waals surface area contributed by atoms with Gasteiger partial charge in [0.1, 0.15) is 5.60 Å². The first-order valence-corrected chi connectivity index (χ1v) is 14.7. The number of hydrogen-bond donors (Lipinski definition) is 1. The predicted molar refractivity (Wildman–Crippen MR) is 141 cm³/mol. The van der Waals surface area contributed by atoms with Crippen LogP contribution in [-0.2, 0) is 19.0 Å². The van der Waals surface area contributed by atoms with Crippen LogP contribution in [-0.4, -0.2) is 35.2 Å². The van der Waals surface area contributed by atoms with Crippen LogP contribution in [0, 0.1) is 40.4 Å². The highest BCUT2D eigenvalue weighted by molar-refractivity contribution is 5.72. The molecular weight excluding hydrogens is 464 g/mol. The van der Waals surface area contributed by atoms with Gasteiger partial charge in [0.25, 0.3) is 0 Å². The lowest BCUT2D eigenvalue weighted by molar-refractivity contribution is -0.194. The van der Waals surface area contributed by atoms with E-state index in [2.05, 4.69) is 31.7 Å². The van der Waals surface area contributed by atoms with E-state index in [1.165, 1.54) is 24.8 Å². The van der Waals surface area contributed by atoms with Gasteiger partial charge in [-0.25, -0.2) is 0 Å². The topological polar surface area (TPSA) is 65.0 Å². The maximum absolute atomic E-state index is 12.3. The molecule has 0 radical (unpaired) electrons. The fraction of sp³-hybridized carbons (Fsp3) is 0.750. The van der Waals surface area contributed by atoms with Gasteiger partial charge in [-0.15, -0.1) is 5.73 Å². The summed E-state index contributed by atoms with van der Waals surface area (Å²) in [6.45, 7) is 8.29. The van der Waals surface area contributed by atoms with Crippen LogP contribution < -0.4 is 0 Å². The SMILES string of the molecule is CC(C)C(=O)OC=C[C@@]12O[C@H](C3CCCCC3)O[C@H]1C[C@H]1[C@@H]3CCC4=C=CC=C[C@]4(C)[C@H]3[C@@H](O)C[C@@]12C. The molecule has 0 spiro atoms. The average Bonchev–Trinajstić information content (AvgIpc) is 3.35. The van der Waals surface area contributed by atoms with E-state index in [1.54, 1.807) is 6.26 Å². The highest BCUT2D eigenvalue weighted by Crippen LogP contribution is 2.70. The number of fused-ring (bicyclic) bond motifs is 7. The summed E-state index contributed by atoms with van der Waals surface area (Å²) < 4.78 is 19.4. The maximum Gasteiger partial charge on any atom is 0.313 e. The molecule has 9 atom stereocenters. The largest absolute Gasteiger partial charge is 0.435 e. The van der Waals surface area contributed by atoms with Gasteiger partial charge in [0.05, 0.1) is 24.4 Å². The Morgan fingerprint density at radius 2 is 2.00 bits per heavy atom. The Balaban J connectivity index is 1.35. The monoisotopic (exact) mass is 508 g/mol. The van der Waals surface area contributed by atoms with E-state index in [0.29, 0.717) is 24.2 Å². The number of hydrogen-bond acceptors (Lipinski definition) is 5. The Morgan fingerprint density at radius 3 is 2.76 bits per heavy atom. The predicted octanol–water partition coefficient (Wildman–Crippen LogP) is 6.23. The van der Waals surface area contributed by atoms with Crippen LogP contribution in [0.3, 0.4) is 0 Å². The van der Waals surface area contributed by atoms with E-state index in [0.717, 1.165) is 32.1 Å². The smallest absolute Gasteiger partial charge is 0.313 e. The van der Waals surface area contributed by atoms with Crippen LogP contribution in [0.4, 0.5) is 0 Å². The molecule has 0 aromatic carbocycles. The van der Waals surface area contributed by atoms with Gasteiger partial charge in [0.15, 0.2) is 6.29 Å². The van der Waals surface area contributed by atoms with Crippen LogP contribution in [0.5, 0.6) is 0 Å². The lowest BCUT2D eigenvalue weighted by Crippen LogP contribution is -2.60. The van der Waals surface area contributed by atoms with Crippen molar-refractivity contribution < 1.29 is 24.1 Å². The number of rotatable bonds is 4. The molecule has 0 amide bonds. The zero-order valence-corrected chi connectivity index (χ0v) is 22.9. The van der Waals surface area contributed by atoms with Crippen molar-refractivity contribution in [2.45, 2.75) is 110 Å². The molecule has 37 heavy (non-hydrogen) atoms. The van der Waals surface area contributed by atoms with Gasteiger partial charge >= 0.3 is 5.97 Å². The zero-order valence-electron chi connectivity index (χ0n) is 22.9. The van der Waals surface area contributed by atoms with E-state index in [-0.39, 0.29) is 41.0 Å². The molecule has 1 aliphatic heterocycles. The molecule has 5 heteroatoms. The van der Waals surface area contributed by atoms with E-state index < -0.39 is 11.7 Å². The number of allylic oxidation sites excluding steroid dienone is 3. The lowest BCUT2D eigenvalue weighted by Gasteiger charge is -2.59. The highest BCUT2D eigenvalue weighted by Gasteiger charge is 2.73. The van der Waals surface area contributed by atoms with E-state index in [1.807, 2.05) is 26.0 Å². The van der Waals surface area contributed by atoms with Gasteiger partial charge < -0.3 is 19.3 Å². The molecular formula is C32H44O5. The molecule has 5 aliphatic carbocycles. The Bertz CT molecular complexity index is 1050. The van der Waals surface area contributed by atoms with Crippen LogP contribution in [0.1, 0.15) is 85.5 Å². The van der Waals surface area contributed by atoms with Crippen molar-refractivity contribution in [2.75, 3.05) is 0 Å². The summed E-state index contributed by atoms with van der Waals surface area (Å²) in [4.78, 5) is 12.3. The van der Waals surface area contributed by atoms with Crippen LogP contribution in [0.15, 0.2) is 41.9 Å². The number of esters is 1. The minimum atomic E-state index is -0.706. The number of ether oxygens (including phenoxy) is 3. The fourth-order valence-corrected chi connectivity index (χ4v) is 9.26. The average molecular weight is 509 g/mol. The highest BCUT2D eigenvalue weighted by atomic mass is 16.7. The van der Waals surface area contributed by atoms with E-state index >= 15 is 0 Å². The minimum Gasteiger partial charge on any atom is -0.435 e. The molecule has 0 aromatic heterocycles. The molecule has 4 saturated carbocycles. The van der Waals surface area contributed by atoms with Gasteiger partial charge in [-0.05, 0) is 68.1 Å². The molecule has 0 aromatic rings. The van der Waals surface area contributed by atoms with Gasteiger partial charge in [-0.2, -0.15) is 0 Å². The van der Waals surface area contributed by atoms with Crippen molar-refractivity contribution in [3.63, 3.8) is 0 Å². The summed E-state index contributed by atoms with van der Waals surface area (Å²) in [5.41, 5.74) is 3.66. The third-order valence-corrected chi connectivity index (χ3v) is 11.2. The third-order valence-electron chi connectivity index (χ3n) is 11.2. The summed E-state index contributed by atoms with van der Waals surface area (Å²) in [5.74, 6) is 0.877. The van der Waals surface area contributed by atoms with Crippen molar-refractivity contribution in [1.29, 1.82) is 0 Å². The summed E-state index contributed by atoms with van der Waals surface area (Å²) in [7, 11) is 0. The fourth-order valence-electron chi connectivity index (χ4n) is 9.26. The van der Waals surface area contributed by atoms with Gasteiger partial charge in [-0.3, -0.25) is 4.79 Å². The Morgan fingerprint density at radius 1 is 1.22 bits per heavy atom. The molecule has 5 nitrogen and oxygen atoms in total. The second-order valence-electron chi connectivity index (χ2n) is 13.4. The van der Waals surface area contributed by atoms with Crippen LogP contribution >= 0.6 is 0 Å². The summed E-state index contributed by atoms with van der Waals surface area (Å²) in [5, 5.41) is 11.9. The molecule has 0 bridgehead atoms. The lowest BCUT2D eigenvalue weighted by atomic mass is 9.46.